The van der Waals surface area contributed by atoms with Gasteiger partial charge < -0.3 is 4.57 Å². The van der Waals surface area contributed by atoms with Crippen molar-refractivity contribution in [3.8, 4) is 0 Å². The SMILES string of the molecule is Cn1cnc2c1c(=O)n(CCCSCc1ccccc1)c(=O)n2C. The van der Waals surface area contributed by atoms with Gasteiger partial charge in [-0.05, 0) is 17.7 Å². The van der Waals surface area contributed by atoms with E-state index in [4.69, 9.17) is 0 Å². The molecular formula is C17H20N4O2S. The molecule has 7 heteroatoms. The Morgan fingerprint density at radius 1 is 1.12 bits per heavy atom. The van der Waals surface area contributed by atoms with Crippen LogP contribution in [0.5, 0.6) is 0 Å². The molecule has 0 aliphatic heterocycles. The third kappa shape index (κ3) is 3.17. The smallest absolute Gasteiger partial charge is 0.328 e. The zero-order valence-electron chi connectivity index (χ0n) is 13.8. The van der Waals surface area contributed by atoms with E-state index in [-0.39, 0.29) is 11.2 Å². The first-order chi connectivity index (χ1) is 11.6. The second-order valence-electron chi connectivity index (χ2n) is 5.72. The van der Waals surface area contributed by atoms with Crippen LogP contribution in [0, 0.1) is 0 Å². The van der Waals surface area contributed by atoms with Gasteiger partial charge in [0.1, 0.15) is 0 Å². The van der Waals surface area contributed by atoms with Crippen LogP contribution in [0.15, 0.2) is 46.2 Å². The minimum absolute atomic E-state index is 0.263. The van der Waals surface area contributed by atoms with Crippen LogP contribution in [0.1, 0.15) is 12.0 Å². The molecule has 3 rings (SSSR count). The Bertz CT molecular complexity index is 956. The highest BCUT2D eigenvalue weighted by molar-refractivity contribution is 7.98. The molecule has 0 N–H and O–H groups in total. The molecule has 0 radical (unpaired) electrons. The molecule has 0 aliphatic rings. The quantitative estimate of drug-likeness (QED) is 0.639. The maximum absolute atomic E-state index is 12.6. The fourth-order valence-corrected chi connectivity index (χ4v) is 3.59. The average molecular weight is 344 g/mol. The van der Waals surface area contributed by atoms with E-state index in [1.807, 2.05) is 30.0 Å². The number of aryl methyl sites for hydroxylation is 2. The Labute approximate surface area is 143 Å². The summed E-state index contributed by atoms with van der Waals surface area (Å²) in [7, 11) is 3.42. The van der Waals surface area contributed by atoms with E-state index < -0.39 is 0 Å². The molecule has 126 valence electrons. The summed E-state index contributed by atoms with van der Waals surface area (Å²) in [5, 5.41) is 0. The maximum Gasteiger partial charge on any atom is 0.332 e. The number of hydrogen-bond donors (Lipinski definition) is 0. The summed E-state index contributed by atoms with van der Waals surface area (Å²) in [6, 6.07) is 10.3. The Balaban J connectivity index is 1.68. The Kier molecular flexibility index (Phi) is 4.89. The van der Waals surface area contributed by atoms with Crippen molar-refractivity contribution < 1.29 is 0 Å². The molecule has 0 atom stereocenters. The number of imidazole rings is 1. The molecule has 3 aromatic rings. The molecule has 1 aromatic carbocycles. The van der Waals surface area contributed by atoms with Gasteiger partial charge in [-0.15, -0.1) is 0 Å². The molecule has 0 amide bonds. The standard InChI is InChI=1S/C17H20N4O2S/c1-19-12-18-15-14(19)16(22)21(17(23)20(15)2)9-6-10-24-11-13-7-4-3-5-8-13/h3-5,7-8,12H,6,9-11H2,1-2H3. The van der Waals surface area contributed by atoms with Crippen molar-refractivity contribution in [3.63, 3.8) is 0 Å². The molecule has 0 spiro atoms. The fourth-order valence-electron chi connectivity index (χ4n) is 2.68. The van der Waals surface area contributed by atoms with Crippen LogP contribution in [0.25, 0.3) is 11.2 Å². The van der Waals surface area contributed by atoms with Gasteiger partial charge >= 0.3 is 5.69 Å². The first-order valence-corrected chi connectivity index (χ1v) is 8.97. The first kappa shape index (κ1) is 16.6. The van der Waals surface area contributed by atoms with E-state index in [0.29, 0.717) is 17.7 Å². The topological polar surface area (TPSA) is 61.8 Å². The summed E-state index contributed by atoms with van der Waals surface area (Å²) in [6.45, 7) is 0.425. The maximum atomic E-state index is 12.6. The van der Waals surface area contributed by atoms with Gasteiger partial charge in [0.25, 0.3) is 5.56 Å². The average Bonchev–Trinajstić information content (AvgIpc) is 2.98. The number of rotatable bonds is 6. The van der Waals surface area contributed by atoms with E-state index in [1.54, 1.807) is 25.0 Å². The molecule has 0 saturated heterocycles. The largest absolute Gasteiger partial charge is 0.332 e. The zero-order chi connectivity index (χ0) is 17.1. The van der Waals surface area contributed by atoms with E-state index in [1.165, 1.54) is 14.7 Å². The highest BCUT2D eigenvalue weighted by atomic mass is 32.2. The van der Waals surface area contributed by atoms with Crippen molar-refractivity contribution in [2.45, 2.75) is 18.7 Å². The van der Waals surface area contributed by atoms with Crippen LogP contribution in [0.3, 0.4) is 0 Å². The summed E-state index contributed by atoms with van der Waals surface area (Å²) < 4.78 is 4.42. The molecule has 6 nitrogen and oxygen atoms in total. The molecule has 2 heterocycles. The van der Waals surface area contributed by atoms with E-state index in [0.717, 1.165) is 17.9 Å². The predicted octanol–water partition coefficient (Wildman–Crippen LogP) is 1.76. The number of thioether (sulfide) groups is 1. The van der Waals surface area contributed by atoms with Gasteiger partial charge in [0.05, 0.1) is 6.33 Å². The molecule has 0 aliphatic carbocycles. The minimum atomic E-state index is -0.306. The number of hydrogen-bond acceptors (Lipinski definition) is 4. The number of nitrogens with zero attached hydrogens (tertiary/aromatic N) is 4. The third-order valence-electron chi connectivity index (χ3n) is 3.98. The lowest BCUT2D eigenvalue weighted by molar-refractivity contribution is 0.594. The lowest BCUT2D eigenvalue weighted by atomic mass is 10.2. The van der Waals surface area contributed by atoms with Crippen molar-refractivity contribution in [2.75, 3.05) is 5.75 Å². The molecule has 0 saturated carbocycles. The monoisotopic (exact) mass is 344 g/mol. The van der Waals surface area contributed by atoms with Crippen molar-refractivity contribution in [3.05, 3.63) is 63.1 Å². The van der Waals surface area contributed by atoms with Gasteiger partial charge in [-0.3, -0.25) is 13.9 Å². The van der Waals surface area contributed by atoms with Gasteiger partial charge in [-0.1, -0.05) is 30.3 Å². The van der Waals surface area contributed by atoms with Crippen molar-refractivity contribution in [1.29, 1.82) is 0 Å². The number of benzene rings is 1. The van der Waals surface area contributed by atoms with Crippen molar-refractivity contribution >= 4 is 22.9 Å². The second-order valence-corrected chi connectivity index (χ2v) is 6.82. The van der Waals surface area contributed by atoms with Crippen LogP contribution in [-0.4, -0.2) is 24.4 Å². The van der Waals surface area contributed by atoms with Crippen LogP contribution in [-0.2, 0) is 26.4 Å². The molecule has 24 heavy (non-hydrogen) atoms. The van der Waals surface area contributed by atoms with Crippen LogP contribution >= 0.6 is 11.8 Å². The summed E-state index contributed by atoms with van der Waals surface area (Å²) in [5.74, 6) is 1.84. The Morgan fingerprint density at radius 2 is 1.88 bits per heavy atom. The van der Waals surface area contributed by atoms with Crippen molar-refractivity contribution in [2.24, 2.45) is 14.1 Å². The van der Waals surface area contributed by atoms with Gasteiger partial charge in [-0.2, -0.15) is 11.8 Å². The van der Waals surface area contributed by atoms with E-state index >= 15 is 0 Å². The third-order valence-corrected chi connectivity index (χ3v) is 5.10. The second kappa shape index (κ2) is 7.09. The normalized spacial score (nSPS) is 11.2. The van der Waals surface area contributed by atoms with Crippen LogP contribution < -0.4 is 11.2 Å². The highest BCUT2D eigenvalue weighted by Gasteiger charge is 2.14. The minimum Gasteiger partial charge on any atom is -0.328 e. The zero-order valence-corrected chi connectivity index (χ0v) is 14.6. The molecule has 0 fully saturated rings. The lowest BCUT2D eigenvalue weighted by Crippen LogP contribution is -2.39. The van der Waals surface area contributed by atoms with Crippen molar-refractivity contribution in [1.82, 2.24) is 18.7 Å². The fraction of sp³-hybridized carbons (Fsp3) is 0.353. The summed E-state index contributed by atoms with van der Waals surface area (Å²) in [5.41, 5.74) is 1.61. The van der Waals surface area contributed by atoms with Gasteiger partial charge in [0.15, 0.2) is 11.2 Å². The van der Waals surface area contributed by atoms with Gasteiger partial charge in [0.2, 0.25) is 0 Å². The lowest BCUT2D eigenvalue weighted by Gasteiger charge is -2.08. The van der Waals surface area contributed by atoms with E-state index in [9.17, 15) is 9.59 Å². The predicted molar refractivity (Wildman–Crippen MR) is 97.4 cm³/mol. The highest BCUT2D eigenvalue weighted by Crippen LogP contribution is 2.12. The van der Waals surface area contributed by atoms with E-state index in [2.05, 4.69) is 17.1 Å². The molecule has 0 bridgehead atoms. The molecular weight excluding hydrogens is 324 g/mol. The summed E-state index contributed by atoms with van der Waals surface area (Å²) in [4.78, 5) is 29.1. The van der Waals surface area contributed by atoms with Crippen LogP contribution in [0.4, 0.5) is 0 Å². The number of aromatic nitrogens is 4. The number of fused-ring (bicyclic) bond motifs is 1. The summed E-state index contributed by atoms with van der Waals surface area (Å²) >= 11 is 1.81. The Morgan fingerprint density at radius 3 is 2.62 bits per heavy atom. The van der Waals surface area contributed by atoms with Gasteiger partial charge in [-0.25, -0.2) is 9.78 Å². The van der Waals surface area contributed by atoms with Crippen LogP contribution in [0.2, 0.25) is 0 Å². The summed E-state index contributed by atoms with van der Waals surface area (Å²) in [6.07, 6.45) is 2.33. The Hall–Kier alpha value is -2.28. The van der Waals surface area contributed by atoms with Gasteiger partial charge in [0, 0.05) is 26.4 Å². The molecule has 0 unspecified atom stereocenters. The molecule has 2 aromatic heterocycles. The first-order valence-electron chi connectivity index (χ1n) is 7.82.